The number of ether oxygens (including phenoxy) is 4. The zero-order chi connectivity index (χ0) is 24.0. The van der Waals surface area contributed by atoms with E-state index in [0.29, 0.717) is 17.1 Å². The summed E-state index contributed by atoms with van der Waals surface area (Å²) in [5, 5.41) is 3.00. The molecule has 0 saturated carbocycles. The summed E-state index contributed by atoms with van der Waals surface area (Å²) in [6.07, 6.45) is 10.7. The number of amides is 1. The second kappa shape index (κ2) is 11.4. The van der Waals surface area contributed by atoms with E-state index in [4.69, 9.17) is 18.9 Å². The minimum atomic E-state index is -0.384. The van der Waals surface area contributed by atoms with Gasteiger partial charge < -0.3 is 29.2 Å². The average Bonchev–Trinajstić information content (AvgIpc) is 3.37. The molecule has 3 aliphatic rings. The maximum absolute atomic E-state index is 12.3. The third kappa shape index (κ3) is 5.84. The second-order valence-corrected chi connectivity index (χ2v) is 9.62. The van der Waals surface area contributed by atoms with Gasteiger partial charge in [-0.15, -0.1) is 0 Å². The summed E-state index contributed by atoms with van der Waals surface area (Å²) in [5.74, 6) is 0.915. The van der Waals surface area contributed by atoms with Gasteiger partial charge in [-0.3, -0.25) is 4.79 Å². The lowest BCUT2D eigenvalue weighted by Crippen LogP contribution is -2.51. The van der Waals surface area contributed by atoms with Gasteiger partial charge in [0.2, 0.25) is 5.91 Å². The summed E-state index contributed by atoms with van der Waals surface area (Å²) < 4.78 is 22.0. The molecule has 1 aromatic carbocycles. The first-order valence-corrected chi connectivity index (χ1v) is 12.7. The highest BCUT2D eigenvalue weighted by Gasteiger charge is 2.41. The van der Waals surface area contributed by atoms with Crippen LogP contribution in [-0.4, -0.2) is 63.0 Å². The molecule has 2 fully saturated rings. The van der Waals surface area contributed by atoms with Gasteiger partial charge >= 0.3 is 5.97 Å². The van der Waals surface area contributed by atoms with Crippen LogP contribution in [0, 0.1) is 0 Å². The largest absolute Gasteiger partial charge is 0.497 e. The number of benzene rings is 1. The van der Waals surface area contributed by atoms with Crippen LogP contribution in [0.25, 0.3) is 0 Å². The number of cyclic esters (lactones) is 1. The lowest BCUT2D eigenvalue weighted by molar-refractivity contribution is -0.119. The summed E-state index contributed by atoms with van der Waals surface area (Å²) >= 11 is 0. The van der Waals surface area contributed by atoms with Crippen LogP contribution in [0.3, 0.4) is 0 Å². The zero-order valence-corrected chi connectivity index (χ0v) is 20.5. The third-order valence-electron chi connectivity index (χ3n) is 7.31. The quantitative estimate of drug-likeness (QED) is 0.362. The summed E-state index contributed by atoms with van der Waals surface area (Å²) in [4.78, 5) is 26.2. The molecule has 1 spiro atoms. The Morgan fingerprint density at radius 3 is 2.35 bits per heavy atom. The van der Waals surface area contributed by atoms with Gasteiger partial charge in [0, 0.05) is 37.6 Å². The molecule has 3 aliphatic heterocycles. The van der Waals surface area contributed by atoms with E-state index >= 15 is 0 Å². The number of piperidine rings is 1. The van der Waals surface area contributed by atoms with Crippen molar-refractivity contribution in [3.8, 4) is 11.5 Å². The number of nitrogens with one attached hydrogen (secondary N) is 1. The highest BCUT2D eigenvalue weighted by atomic mass is 16.6. The standard InChI is InChI=1S/C26H38N2O6/c1-31-19-16-20-21(34-25(30)24(20)22(17-19)32-2)10-8-6-4-3-5-7-9-13-28-14-11-26(12-15-28)27-23(29)18-33-26/h16-17,21H,3-15,18H2,1-2H3,(H,27,29)/t21-/m1/s1. The number of rotatable bonds is 12. The van der Waals surface area contributed by atoms with Crippen LogP contribution in [0.2, 0.25) is 0 Å². The van der Waals surface area contributed by atoms with Crippen LogP contribution in [0.4, 0.5) is 0 Å². The number of hydrogen-bond donors (Lipinski definition) is 1. The number of methoxy groups -OCH3 is 2. The van der Waals surface area contributed by atoms with Crippen molar-refractivity contribution in [1.82, 2.24) is 10.2 Å². The van der Waals surface area contributed by atoms with E-state index in [1.54, 1.807) is 20.3 Å². The van der Waals surface area contributed by atoms with Gasteiger partial charge in [0.1, 0.15) is 35.5 Å². The van der Waals surface area contributed by atoms with Crippen LogP contribution in [-0.2, 0) is 14.3 Å². The Hall–Kier alpha value is -2.32. The molecule has 0 unspecified atom stereocenters. The summed E-state index contributed by atoms with van der Waals surface area (Å²) in [6.45, 7) is 3.33. The molecule has 0 aromatic heterocycles. The van der Waals surface area contributed by atoms with Crippen molar-refractivity contribution in [2.24, 2.45) is 0 Å². The van der Waals surface area contributed by atoms with Crippen molar-refractivity contribution < 1.29 is 28.5 Å². The van der Waals surface area contributed by atoms with Gasteiger partial charge in [0.15, 0.2) is 0 Å². The van der Waals surface area contributed by atoms with E-state index in [1.807, 2.05) is 6.07 Å². The average molecular weight is 475 g/mol. The molecule has 0 bridgehead atoms. The predicted molar refractivity (Wildman–Crippen MR) is 127 cm³/mol. The molecule has 1 aromatic rings. The highest BCUT2D eigenvalue weighted by molar-refractivity contribution is 5.97. The predicted octanol–water partition coefficient (Wildman–Crippen LogP) is 3.97. The highest BCUT2D eigenvalue weighted by Crippen LogP contribution is 2.41. The lowest BCUT2D eigenvalue weighted by atomic mass is 9.98. The molecule has 8 nitrogen and oxygen atoms in total. The van der Waals surface area contributed by atoms with Crippen LogP contribution in [0.1, 0.15) is 86.2 Å². The number of nitrogens with zero attached hydrogens (tertiary/aromatic N) is 1. The normalized spacial score (nSPS) is 21.4. The molecular formula is C26H38N2O6. The fraction of sp³-hybridized carbons (Fsp3) is 0.692. The summed E-state index contributed by atoms with van der Waals surface area (Å²) in [7, 11) is 3.17. The van der Waals surface area contributed by atoms with Crippen molar-refractivity contribution >= 4 is 11.9 Å². The molecule has 188 valence electrons. The molecule has 1 atom stereocenters. The van der Waals surface area contributed by atoms with Crippen molar-refractivity contribution in [2.45, 2.75) is 76.0 Å². The number of esters is 1. The first-order valence-electron chi connectivity index (χ1n) is 12.7. The minimum absolute atomic E-state index is 0.0167. The van der Waals surface area contributed by atoms with E-state index in [9.17, 15) is 9.59 Å². The van der Waals surface area contributed by atoms with Gasteiger partial charge in [-0.2, -0.15) is 0 Å². The van der Waals surface area contributed by atoms with Gasteiger partial charge in [-0.25, -0.2) is 4.79 Å². The number of fused-ring (bicyclic) bond motifs is 1. The first kappa shape index (κ1) is 24.8. The van der Waals surface area contributed by atoms with Crippen molar-refractivity contribution in [3.63, 3.8) is 0 Å². The molecule has 34 heavy (non-hydrogen) atoms. The van der Waals surface area contributed by atoms with Crippen LogP contribution in [0.5, 0.6) is 11.5 Å². The second-order valence-electron chi connectivity index (χ2n) is 9.62. The maximum Gasteiger partial charge on any atom is 0.342 e. The topological polar surface area (TPSA) is 86.3 Å². The molecule has 3 heterocycles. The summed E-state index contributed by atoms with van der Waals surface area (Å²) in [5.41, 5.74) is 1.04. The Kier molecular flexibility index (Phi) is 8.32. The number of unbranched alkanes of at least 4 members (excludes halogenated alkanes) is 6. The maximum atomic E-state index is 12.3. The van der Waals surface area contributed by atoms with Gasteiger partial charge in [0.05, 0.1) is 14.2 Å². The van der Waals surface area contributed by atoms with Crippen molar-refractivity contribution in [2.75, 3.05) is 40.5 Å². The van der Waals surface area contributed by atoms with Gasteiger partial charge in [-0.05, 0) is 31.9 Å². The number of carbonyl (C=O) groups excluding carboxylic acids is 2. The minimum Gasteiger partial charge on any atom is -0.497 e. The molecular weight excluding hydrogens is 436 g/mol. The number of likely N-dealkylation sites (tertiary alicyclic amines) is 1. The lowest BCUT2D eigenvalue weighted by Gasteiger charge is -2.38. The first-order chi connectivity index (χ1) is 16.5. The van der Waals surface area contributed by atoms with E-state index in [1.165, 1.54) is 32.1 Å². The van der Waals surface area contributed by atoms with Crippen LogP contribution < -0.4 is 14.8 Å². The SMILES string of the molecule is COc1cc(OC)c2c(c1)[C@@H](CCCCCCCCCN1CCC3(CC1)NC(=O)CO3)OC2=O. The molecule has 0 aliphatic carbocycles. The monoisotopic (exact) mass is 474 g/mol. The Morgan fingerprint density at radius 2 is 1.71 bits per heavy atom. The molecule has 8 heteroatoms. The molecule has 4 rings (SSSR count). The Labute approximate surface area is 202 Å². The van der Waals surface area contributed by atoms with Gasteiger partial charge in [-0.1, -0.05) is 32.1 Å². The fourth-order valence-corrected chi connectivity index (χ4v) is 5.31. The van der Waals surface area contributed by atoms with E-state index < -0.39 is 0 Å². The van der Waals surface area contributed by atoms with Crippen LogP contribution in [0.15, 0.2) is 12.1 Å². The summed E-state index contributed by atoms with van der Waals surface area (Å²) in [6, 6.07) is 3.63. The molecule has 1 N–H and O–H groups in total. The zero-order valence-electron chi connectivity index (χ0n) is 20.5. The number of carbonyl (C=O) groups is 2. The van der Waals surface area contributed by atoms with E-state index in [0.717, 1.165) is 57.3 Å². The van der Waals surface area contributed by atoms with Crippen molar-refractivity contribution in [1.29, 1.82) is 0 Å². The fourth-order valence-electron chi connectivity index (χ4n) is 5.31. The number of hydrogen-bond acceptors (Lipinski definition) is 7. The smallest absolute Gasteiger partial charge is 0.342 e. The molecule has 1 amide bonds. The van der Waals surface area contributed by atoms with Crippen molar-refractivity contribution in [3.05, 3.63) is 23.3 Å². The van der Waals surface area contributed by atoms with E-state index in [-0.39, 0.29) is 30.3 Å². The van der Waals surface area contributed by atoms with E-state index in [2.05, 4.69) is 10.2 Å². The molecule has 2 saturated heterocycles. The Morgan fingerprint density at radius 1 is 1.00 bits per heavy atom. The van der Waals surface area contributed by atoms with Gasteiger partial charge in [0.25, 0.3) is 0 Å². The molecule has 0 radical (unpaired) electrons. The van der Waals surface area contributed by atoms with Crippen LogP contribution >= 0.6 is 0 Å². The Balaban J connectivity index is 1.06. The third-order valence-corrected chi connectivity index (χ3v) is 7.31. The Bertz CT molecular complexity index is 865.